The van der Waals surface area contributed by atoms with Crippen LogP contribution >= 0.6 is 11.3 Å². The fraction of sp³-hybridized carbons (Fsp3) is 0.0175. The van der Waals surface area contributed by atoms with Gasteiger partial charge < -0.3 is 4.90 Å². The maximum atomic E-state index is 2.54. The Morgan fingerprint density at radius 1 is 0.356 bits per heavy atom. The summed E-state index contributed by atoms with van der Waals surface area (Å²) in [6, 6.07) is 79.4. The van der Waals surface area contributed by atoms with Gasteiger partial charge in [-0.15, -0.1) is 11.3 Å². The van der Waals surface area contributed by atoms with Crippen molar-refractivity contribution in [1.82, 2.24) is 0 Å². The molecule has 274 valence electrons. The van der Waals surface area contributed by atoms with Gasteiger partial charge in [-0.1, -0.05) is 170 Å². The first-order valence-corrected chi connectivity index (χ1v) is 21.2. The lowest BCUT2D eigenvalue weighted by Gasteiger charge is -2.32. The zero-order valence-corrected chi connectivity index (χ0v) is 32.9. The van der Waals surface area contributed by atoms with Crippen LogP contribution in [0.25, 0.3) is 75.1 Å². The summed E-state index contributed by atoms with van der Waals surface area (Å²) in [7, 11) is 0. The molecule has 0 amide bonds. The van der Waals surface area contributed by atoms with Gasteiger partial charge in [0.1, 0.15) is 0 Å². The van der Waals surface area contributed by atoms with E-state index in [1.54, 1.807) is 0 Å². The van der Waals surface area contributed by atoms with Crippen molar-refractivity contribution in [3.63, 3.8) is 0 Å². The lowest BCUT2D eigenvalue weighted by Crippen LogP contribution is -2.26. The van der Waals surface area contributed by atoms with Crippen LogP contribution in [0.4, 0.5) is 17.1 Å². The van der Waals surface area contributed by atoms with Crippen molar-refractivity contribution >= 4 is 70.1 Å². The third kappa shape index (κ3) is 4.50. The van der Waals surface area contributed by atoms with Crippen LogP contribution in [0.3, 0.4) is 0 Å². The van der Waals surface area contributed by atoms with Gasteiger partial charge in [0.2, 0.25) is 0 Å². The number of anilines is 3. The van der Waals surface area contributed by atoms with Crippen LogP contribution < -0.4 is 4.90 Å². The highest BCUT2D eigenvalue weighted by molar-refractivity contribution is 7.25. The largest absolute Gasteiger partial charge is 0.309 e. The molecular weight excluding hydrogens is 731 g/mol. The first-order chi connectivity index (χ1) is 29.3. The Morgan fingerprint density at radius 2 is 0.915 bits per heavy atom. The minimum Gasteiger partial charge on any atom is -0.309 e. The van der Waals surface area contributed by atoms with E-state index in [-0.39, 0.29) is 0 Å². The molecule has 0 fully saturated rings. The van der Waals surface area contributed by atoms with Gasteiger partial charge in [-0.2, -0.15) is 0 Å². The molecule has 1 aromatic heterocycles. The molecule has 2 aliphatic rings. The van der Waals surface area contributed by atoms with E-state index in [2.05, 4.69) is 217 Å². The third-order valence-corrected chi connectivity index (χ3v) is 14.2. The Hall–Kier alpha value is -7.26. The summed E-state index contributed by atoms with van der Waals surface area (Å²) < 4.78 is 2.65. The van der Waals surface area contributed by atoms with Crippen LogP contribution in [-0.2, 0) is 5.41 Å². The minimum absolute atomic E-state index is 0.430. The predicted octanol–water partition coefficient (Wildman–Crippen LogP) is 15.8. The molecule has 2 heteroatoms. The monoisotopic (exact) mass is 765 g/mol. The second kappa shape index (κ2) is 12.4. The zero-order valence-electron chi connectivity index (χ0n) is 32.1. The lowest BCUT2D eigenvalue weighted by atomic mass is 9.70. The second-order valence-corrected chi connectivity index (χ2v) is 17.0. The van der Waals surface area contributed by atoms with Gasteiger partial charge in [0, 0.05) is 36.8 Å². The molecule has 0 saturated heterocycles. The highest BCUT2D eigenvalue weighted by Gasteiger charge is 2.52. The van der Waals surface area contributed by atoms with E-state index in [1.165, 1.54) is 103 Å². The van der Waals surface area contributed by atoms with Crippen LogP contribution in [-0.4, -0.2) is 0 Å². The molecule has 0 saturated carbocycles. The summed E-state index contributed by atoms with van der Waals surface area (Å²) in [5.74, 6) is 0. The van der Waals surface area contributed by atoms with Gasteiger partial charge in [0.05, 0.1) is 16.8 Å². The number of rotatable bonds is 4. The average Bonchev–Trinajstić information content (AvgIpc) is 3.93. The van der Waals surface area contributed by atoms with Gasteiger partial charge in [-0.3, -0.25) is 0 Å². The maximum Gasteiger partial charge on any atom is 0.0726 e. The van der Waals surface area contributed by atoms with Gasteiger partial charge in [0.25, 0.3) is 0 Å². The van der Waals surface area contributed by atoms with Crippen molar-refractivity contribution in [3.05, 3.63) is 235 Å². The normalized spacial score (nSPS) is 13.2. The summed E-state index contributed by atoms with van der Waals surface area (Å²) >= 11 is 1.87. The van der Waals surface area contributed by atoms with Crippen LogP contribution in [0.1, 0.15) is 22.3 Å². The molecule has 59 heavy (non-hydrogen) atoms. The van der Waals surface area contributed by atoms with Crippen LogP contribution in [0.5, 0.6) is 0 Å². The molecule has 1 heterocycles. The van der Waals surface area contributed by atoms with Crippen molar-refractivity contribution in [2.45, 2.75) is 5.41 Å². The Kier molecular flexibility index (Phi) is 6.87. The van der Waals surface area contributed by atoms with E-state index in [4.69, 9.17) is 0 Å². The SMILES string of the molecule is c1ccc2c(c1)-c1ccccc1C21c2ccccc2-c2c(N(c3ccc(-c4ccc5sc6ccccc6c5c4)cc3)c3cccc4ccc5ccccc5c34)cccc21. The summed E-state index contributed by atoms with van der Waals surface area (Å²) in [5, 5.41) is 7.60. The standard InChI is InChI=1S/C57H35NS/c1-2-15-41-37(13-1)27-28-38-14-11-24-51(55(38)41)58(40-32-29-36(30-33-40)39-31-34-54-46(35-39)44-18-6-10-26-53(44)59-54)52-25-12-23-50-56(52)45-19-5-9-22-49(45)57(50)47-20-7-3-16-42(47)43-17-4-8-21-48(43)57/h1-35H. The highest BCUT2D eigenvalue weighted by atomic mass is 32.1. The van der Waals surface area contributed by atoms with Gasteiger partial charge in [-0.25, -0.2) is 0 Å². The Bertz CT molecular complexity index is 3470. The molecule has 2 aliphatic carbocycles. The van der Waals surface area contributed by atoms with Crippen molar-refractivity contribution < 1.29 is 0 Å². The number of benzene rings is 10. The fourth-order valence-electron chi connectivity index (χ4n) is 10.7. The molecule has 0 bridgehead atoms. The zero-order chi connectivity index (χ0) is 38.7. The summed E-state index contributed by atoms with van der Waals surface area (Å²) in [6.45, 7) is 0. The van der Waals surface area contributed by atoms with Crippen molar-refractivity contribution in [3.8, 4) is 33.4 Å². The first kappa shape index (κ1) is 32.8. The number of thiophene rings is 1. The third-order valence-electron chi connectivity index (χ3n) is 13.1. The average molecular weight is 766 g/mol. The fourth-order valence-corrected chi connectivity index (χ4v) is 11.7. The smallest absolute Gasteiger partial charge is 0.0726 e. The molecule has 11 aromatic rings. The highest BCUT2D eigenvalue weighted by Crippen LogP contribution is 2.64. The van der Waals surface area contributed by atoms with E-state index in [1.807, 2.05) is 11.3 Å². The van der Waals surface area contributed by atoms with Gasteiger partial charge in [0.15, 0.2) is 0 Å². The van der Waals surface area contributed by atoms with E-state index >= 15 is 0 Å². The van der Waals surface area contributed by atoms with E-state index in [0.717, 1.165) is 11.4 Å². The molecule has 1 nitrogen and oxygen atoms in total. The molecule has 0 N–H and O–H groups in total. The Balaban J connectivity index is 1.08. The maximum absolute atomic E-state index is 2.54. The van der Waals surface area contributed by atoms with E-state index < -0.39 is 5.41 Å². The molecule has 1 spiro atoms. The lowest BCUT2D eigenvalue weighted by molar-refractivity contribution is 0.794. The van der Waals surface area contributed by atoms with Gasteiger partial charge in [-0.05, 0) is 109 Å². The van der Waals surface area contributed by atoms with Crippen molar-refractivity contribution in [2.24, 2.45) is 0 Å². The number of hydrogen-bond donors (Lipinski definition) is 0. The predicted molar refractivity (Wildman–Crippen MR) is 251 cm³/mol. The summed E-state index contributed by atoms with van der Waals surface area (Å²) in [6.07, 6.45) is 0. The first-order valence-electron chi connectivity index (χ1n) is 20.4. The van der Waals surface area contributed by atoms with Crippen LogP contribution in [0.15, 0.2) is 212 Å². The Labute approximate surface area is 346 Å². The topological polar surface area (TPSA) is 3.24 Å². The van der Waals surface area contributed by atoms with E-state index in [0.29, 0.717) is 0 Å². The number of fused-ring (bicyclic) bond motifs is 16. The van der Waals surface area contributed by atoms with Crippen LogP contribution in [0, 0.1) is 0 Å². The van der Waals surface area contributed by atoms with Crippen molar-refractivity contribution in [2.75, 3.05) is 4.90 Å². The Morgan fingerprint density at radius 3 is 1.71 bits per heavy atom. The molecule has 0 radical (unpaired) electrons. The molecular formula is C57H35NS. The summed E-state index contributed by atoms with van der Waals surface area (Å²) in [5.41, 5.74) is 16.0. The van der Waals surface area contributed by atoms with Crippen molar-refractivity contribution in [1.29, 1.82) is 0 Å². The molecule has 13 rings (SSSR count). The number of nitrogens with zero attached hydrogens (tertiary/aromatic N) is 1. The molecule has 10 aromatic carbocycles. The molecule has 0 aliphatic heterocycles. The second-order valence-electron chi connectivity index (χ2n) is 15.9. The van der Waals surface area contributed by atoms with Gasteiger partial charge >= 0.3 is 0 Å². The molecule has 0 unspecified atom stereocenters. The van der Waals surface area contributed by atoms with Crippen LogP contribution in [0.2, 0.25) is 0 Å². The quantitative estimate of drug-likeness (QED) is 0.161. The number of hydrogen-bond acceptors (Lipinski definition) is 2. The summed E-state index contributed by atoms with van der Waals surface area (Å²) in [4.78, 5) is 2.54. The van der Waals surface area contributed by atoms with E-state index in [9.17, 15) is 0 Å². The minimum atomic E-state index is -0.430. The molecule has 0 atom stereocenters.